The van der Waals surface area contributed by atoms with Crippen molar-refractivity contribution in [2.45, 2.75) is 52.7 Å². The zero-order valence-corrected chi connectivity index (χ0v) is 12.4. The maximum atomic E-state index is 12.8. The Balaban J connectivity index is 2.39. The number of rotatable bonds is 7. The molecule has 0 aliphatic carbocycles. The van der Waals surface area contributed by atoms with Gasteiger partial charge in [-0.1, -0.05) is 26.0 Å². The molecule has 108 valence electrons. The van der Waals surface area contributed by atoms with E-state index < -0.39 is 0 Å². The fourth-order valence-electron chi connectivity index (χ4n) is 2.37. The molecule has 2 atom stereocenters. The summed E-state index contributed by atoms with van der Waals surface area (Å²) in [7, 11) is 0. The molecule has 0 aliphatic heterocycles. The number of aliphatic hydroxyl groups excluding tert-OH is 1. The van der Waals surface area contributed by atoms with Crippen LogP contribution in [-0.2, 0) is 6.42 Å². The van der Waals surface area contributed by atoms with E-state index in [9.17, 15) is 9.50 Å². The van der Waals surface area contributed by atoms with Crippen LogP contribution < -0.4 is 5.32 Å². The molecule has 0 heterocycles. The van der Waals surface area contributed by atoms with Gasteiger partial charge in [-0.15, -0.1) is 0 Å². The van der Waals surface area contributed by atoms with E-state index in [1.807, 2.05) is 19.1 Å². The summed E-state index contributed by atoms with van der Waals surface area (Å²) in [5.41, 5.74) is 1.21. The van der Waals surface area contributed by atoms with Gasteiger partial charge in [0, 0.05) is 12.6 Å². The van der Waals surface area contributed by atoms with Gasteiger partial charge in [0.15, 0.2) is 0 Å². The van der Waals surface area contributed by atoms with Gasteiger partial charge in [-0.2, -0.15) is 0 Å². The molecule has 19 heavy (non-hydrogen) atoms. The van der Waals surface area contributed by atoms with Crippen molar-refractivity contribution in [3.63, 3.8) is 0 Å². The number of hydrogen-bond donors (Lipinski definition) is 2. The number of nitrogens with one attached hydrogen (secondary N) is 1. The molecular weight excluding hydrogens is 241 g/mol. The third-order valence-corrected chi connectivity index (χ3v) is 3.23. The molecule has 0 aliphatic rings. The first kappa shape index (κ1) is 16.1. The highest BCUT2D eigenvalue weighted by Gasteiger charge is 2.20. The summed E-state index contributed by atoms with van der Waals surface area (Å²) in [4.78, 5) is 0. The van der Waals surface area contributed by atoms with Crippen LogP contribution in [0.1, 0.15) is 39.7 Å². The lowest BCUT2D eigenvalue weighted by Crippen LogP contribution is -2.37. The molecule has 3 heteroatoms. The molecule has 1 aromatic carbocycles. The molecule has 2 unspecified atom stereocenters. The molecule has 0 saturated carbocycles. The Morgan fingerprint density at radius 3 is 2.32 bits per heavy atom. The van der Waals surface area contributed by atoms with Crippen molar-refractivity contribution in [1.82, 2.24) is 5.32 Å². The number of hydrogen-bond acceptors (Lipinski definition) is 2. The van der Waals surface area contributed by atoms with Crippen LogP contribution in [0.4, 0.5) is 4.39 Å². The maximum Gasteiger partial charge on any atom is 0.123 e. The number of halogens is 1. The summed E-state index contributed by atoms with van der Waals surface area (Å²) in [6, 6.07) is 6.99. The van der Waals surface area contributed by atoms with Gasteiger partial charge in [0.05, 0.1) is 6.10 Å². The molecule has 0 spiro atoms. The van der Waals surface area contributed by atoms with Gasteiger partial charge in [0.1, 0.15) is 5.82 Å². The Bertz CT molecular complexity index is 373. The minimum absolute atomic E-state index is 0.0746. The first-order chi connectivity index (χ1) is 8.78. The molecule has 1 rings (SSSR count). The van der Waals surface area contributed by atoms with Gasteiger partial charge in [-0.3, -0.25) is 0 Å². The molecule has 0 aromatic heterocycles. The normalized spacial score (nSPS) is 15.3. The second kappa shape index (κ2) is 7.01. The third kappa shape index (κ3) is 6.69. The highest BCUT2D eigenvalue weighted by Crippen LogP contribution is 2.21. The lowest BCUT2D eigenvalue weighted by molar-refractivity contribution is 0.126. The SMILES string of the molecule is CC(O)CC(C)(C)CNC(C)Cc1ccc(F)cc1. The molecule has 2 N–H and O–H groups in total. The predicted molar refractivity (Wildman–Crippen MR) is 77.6 cm³/mol. The van der Waals surface area contributed by atoms with Crippen LogP contribution in [-0.4, -0.2) is 23.8 Å². The van der Waals surface area contributed by atoms with E-state index in [4.69, 9.17) is 0 Å². The topological polar surface area (TPSA) is 32.3 Å². The minimum Gasteiger partial charge on any atom is -0.393 e. The Morgan fingerprint density at radius 2 is 1.79 bits per heavy atom. The van der Waals surface area contributed by atoms with Gasteiger partial charge in [0.25, 0.3) is 0 Å². The van der Waals surface area contributed by atoms with Crippen LogP contribution in [0.5, 0.6) is 0 Å². The molecular formula is C16H26FNO. The predicted octanol–water partition coefficient (Wildman–Crippen LogP) is 3.14. The summed E-state index contributed by atoms with van der Waals surface area (Å²) in [5, 5.41) is 12.9. The second-order valence-electron chi connectivity index (χ2n) is 6.33. The van der Waals surface area contributed by atoms with Crippen LogP contribution >= 0.6 is 0 Å². The average molecular weight is 267 g/mol. The Hall–Kier alpha value is -0.930. The lowest BCUT2D eigenvalue weighted by atomic mass is 9.86. The van der Waals surface area contributed by atoms with E-state index in [0.29, 0.717) is 6.04 Å². The van der Waals surface area contributed by atoms with Gasteiger partial charge < -0.3 is 10.4 Å². The maximum absolute atomic E-state index is 12.8. The van der Waals surface area contributed by atoms with Crippen LogP contribution in [0.15, 0.2) is 24.3 Å². The van der Waals surface area contributed by atoms with Gasteiger partial charge in [-0.05, 0) is 49.8 Å². The summed E-state index contributed by atoms with van der Waals surface area (Å²) >= 11 is 0. The summed E-state index contributed by atoms with van der Waals surface area (Å²) in [6.45, 7) is 9.11. The fraction of sp³-hybridized carbons (Fsp3) is 0.625. The molecule has 0 radical (unpaired) electrons. The highest BCUT2D eigenvalue weighted by atomic mass is 19.1. The van der Waals surface area contributed by atoms with E-state index in [2.05, 4.69) is 26.1 Å². The Morgan fingerprint density at radius 1 is 1.21 bits per heavy atom. The highest BCUT2D eigenvalue weighted by molar-refractivity contribution is 5.17. The first-order valence-corrected chi connectivity index (χ1v) is 6.94. The molecule has 0 amide bonds. The van der Waals surface area contributed by atoms with E-state index in [0.717, 1.165) is 24.9 Å². The summed E-state index contributed by atoms with van der Waals surface area (Å²) in [6.07, 6.45) is 1.39. The van der Waals surface area contributed by atoms with Gasteiger partial charge in [0.2, 0.25) is 0 Å². The summed E-state index contributed by atoms with van der Waals surface area (Å²) in [5.74, 6) is -0.192. The Kier molecular flexibility index (Phi) is 5.95. The van der Waals surface area contributed by atoms with E-state index in [1.54, 1.807) is 0 Å². The van der Waals surface area contributed by atoms with Crippen LogP contribution in [0.2, 0.25) is 0 Å². The first-order valence-electron chi connectivity index (χ1n) is 6.94. The summed E-state index contributed by atoms with van der Waals surface area (Å²) < 4.78 is 12.8. The fourth-order valence-corrected chi connectivity index (χ4v) is 2.37. The number of benzene rings is 1. The van der Waals surface area contributed by atoms with Crippen molar-refractivity contribution in [2.24, 2.45) is 5.41 Å². The minimum atomic E-state index is -0.274. The van der Waals surface area contributed by atoms with Crippen molar-refractivity contribution in [1.29, 1.82) is 0 Å². The Labute approximate surface area is 116 Å². The molecule has 2 nitrogen and oxygen atoms in total. The standard InChI is InChI=1S/C16H26FNO/c1-12(9-14-5-7-15(17)8-6-14)18-11-16(3,4)10-13(2)19/h5-8,12-13,18-19H,9-11H2,1-4H3. The van der Waals surface area contributed by atoms with Crippen molar-refractivity contribution in [3.8, 4) is 0 Å². The van der Waals surface area contributed by atoms with E-state index in [1.165, 1.54) is 12.1 Å². The number of aliphatic hydroxyl groups is 1. The smallest absolute Gasteiger partial charge is 0.123 e. The largest absolute Gasteiger partial charge is 0.393 e. The van der Waals surface area contributed by atoms with Crippen molar-refractivity contribution in [2.75, 3.05) is 6.54 Å². The van der Waals surface area contributed by atoms with Gasteiger partial charge in [-0.25, -0.2) is 4.39 Å². The van der Waals surface area contributed by atoms with Crippen molar-refractivity contribution in [3.05, 3.63) is 35.6 Å². The van der Waals surface area contributed by atoms with Gasteiger partial charge >= 0.3 is 0 Å². The monoisotopic (exact) mass is 267 g/mol. The third-order valence-electron chi connectivity index (χ3n) is 3.23. The van der Waals surface area contributed by atoms with Crippen molar-refractivity contribution >= 4 is 0 Å². The molecule has 0 bridgehead atoms. The average Bonchev–Trinajstić information content (AvgIpc) is 2.28. The lowest BCUT2D eigenvalue weighted by Gasteiger charge is -2.28. The molecule has 0 saturated heterocycles. The van der Waals surface area contributed by atoms with E-state index >= 15 is 0 Å². The van der Waals surface area contributed by atoms with Crippen LogP contribution in [0.3, 0.4) is 0 Å². The van der Waals surface area contributed by atoms with Crippen LogP contribution in [0.25, 0.3) is 0 Å². The van der Waals surface area contributed by atoms with Crippen molar-refractivity contribution < 1.29 is 9.50 Å². The quantitative estimate of drug-likeness (QED) is 0.795. The van der Waals surface area contributed by atoms with E-state index in [-0.39, 0.29) is 17.3 Å². The molecule has 0 fully saturated rings. The zero-order valence-electron chi connectivity index (χ0n) is 12.4. The second-order valence-corrected chi connectivity index (χ2v) is 6.33. The van der Waals surface area contributed by atoms with Crippen LogP contribution in [0, 0.1) is 11.2 Å². The molecule has 1 aromatic rings. The zero-order chi connectivity index (χ0) is 14.5.